The van der Waals surface area contributed by atoms with Gasteiger partial charge in [0.15, 0.2) is 5.79 Å². The molecule has 0 N–H and O–H groups in total. The first-order valence-electron chi connectivity index (χ1n) is 7.98. The molecular formula is C18H34O3. The van der Waals surface area contributed by atoms with Crippen LogP contribution >= 0.6 is 0 Å². The highest BCUT2D eigenvalue weighted by molar-refractivity contribution is 5.05. The molecule has 0 heterocycles. The van der Waals surface area contributed by atoms with Gasteiger partial charge < -0.3 is 14.2 Å². The maximum absolute atomic E-state index is 5.83. The van der Waals surface area contributed by atoms with E-state index in [1.807, 2.05) is 20.8 Å². The fraction of sp³-hybridized carbons (Fsp3) is 0.778. The van der Waals surface area contributed by atoms with E-state index < -0.39 is 5.79 Å². The van der Waals surface area contributed by atoms with Crippen molar-refractivity contribution in [3.8, 4) is 0 Å². The van der Waals surface area contributed by atoms with Crippen LogP contribution in [0.2, 0.25) is 0 Å². The molecule has 124 valence electrons. The number of ether oxygens (including phenoxy) is 3. The molecule has 0 aliphatic heterocycles. The Morgan fingerprint density at radius 1 is 1.14 bits per heavy atom. The van der Waals surface area contributed by atoms with E-state index in [4.69, 9.17) is 14.2 Å². The lowest BCUT2D eigenvalue weighted by molar-refractivity contribution is -0.221. The number of rotatable bonds is 11. The van der Waals surface area contributed by atoms with E-state index in [1.54, 1.807) is 7.11 Å². The van der Waals surface area contributed by atoms with Crippen LogP contribution in [-0.2, 0) is 14.2 Å². The topological polar surface area (TPSA) is 27.7 Å². The van der Waals surface area contributed by atoms with E-state index in [-0.39, 0.29) is 6.10 Å². The zero-order valence-electron chi connectivity index (χ0n) is 15.0. The molecule has 3 heteroatoms. The quantitative estimate of drug-likeness (QED) is 0.402. The van der Waals surface area contributed by atoms with Gasteiger partial charge in [0, 0.05) is 26.7 Å². The summed E-state index contributed by atoms with van der Waals surface area (Å²) in [7, 11) is 1.68. The largest absolute Gasteiger partial charge is 0.374 e. The van der Waals surface area contributed by atoms with Crippen molar-refractivity contribution in [2.45, 2.75) is 72.7 Å². The molecule has 0 radical (unpaired) electrons. The first-order chi connectivity index (χ1) is 9.86. The van der Waals surface area contributed by atoms with Crippen molar-refractivity contribution in [2.75, 3.05) is 20.3 Å². The van der Waals surface area contributed by atoms with Crippen LogP contribution in [0.4, 0.5) is 0 Å². The fourth-order valence-corrected chi connectivity index (χ4v) is 2.24. The molecule has 0 bridgehead atoms. The zero-order valence-corrected chi connectivity index (χ0v) is 15.0. The van der Waals surface area contributed by atoms with Gasteiger partial charge in [0.2, 0.25) is 0 Å². The van der Waals surface area contributed by atoms with E-state index >= 15 is 0 Å². The summed E-state index contributed by atoms with van der Waals surface area (Å²) in [4.78, 5) is 0. The van der Waals surface area contributed by atoms with Crippen molar-refractivity contribution >= 4 is 0 Å². The van der Waals surface area contributed by atoms with Crippen LogP contribution in [0, 0.1) is 0 Å². The Hall–Kier alpha value is -0.640. The van der Waals surface area contributed by atoms with Gasteiger partial charge in [-0.25, -0.2) is 0 Å². The Kier molecular flexibility index (Phi) is 10.7. The monoisotopic (exact) mass is 298 g/mol. The van der Waals surface area contributed by atoms with Crippen LogP contribution in [0.15, 0.2) is 23.3 Å². The predicted molar refractivity (Wildman–Crippen MR) is 89.5 cm³/mol. The first kappa shape index (κ1) is 20.4. The van der Waals surface area contributed by atoms with Gasteiger partial charge in [-0.3, -0.25) is 0 Å². The molecule has 0 aromatic carbocycles. The Labute approximate surface area is 131 Å². The highest BCUT2D eigenvalue weighted by Crippen LogP contribution is 2.22. The summed E-state index contributed by atoms with van der Waals surface area (Å²) in [5.74, 6) is -0.592. The highest BCUT2D eigenvalue weighted by Gasteiger charge is 2.28. The second-order valence-electron chi connectivity index (χ2n) is 5.80. The van der Waals surface area contributed by atoms with E-state index in [2.05, 4.69) is 32.9 Å². The van der Waals surface area contributed by atoms with Crippen molar-refractivity contribution in [2.24, 2.45) is 0 Å². The highest BCUT2D eigenvalue weighted by atomic mass is 16.7. The fourth-order valence-electron chi connectivity index (χ4n) is 2.24. The molecule has 0 saturated carbocycles. The van der Waals surface area contributed by atoms with Gasteiger partial charge >= 0.3 is 0 Å². The number of hydrogen-bond acceptors (Lipinski definition) is 3. The maximum Gasteiger partial charge on any atom is 0.167 e. The van der Waals surface area contributed by atoms with E-state index in [1.165, 1.54) is 11.1 Å². The van der Waals surface area contributed by atoms with Gasteiger partial charge in [-0.15, -0.1) is 0 Å². The molecule has 0 rings (SSSR count). The SMILES string of the molecule is CCOC(C=C(C)CCC=C(C)C)CC(C)(OC)OCC. The van der Waals surface area contributed by atoms with Crippen LogP contribution in [0.5, 0.6) is 0 Å². The predicted octanol–water partition coefficient (Wildman–Crippen LogP) is 4.87. The second kappa shape index (κ2) is 11.0. The smallest absolute Gasteiger partial charge is 0.167 e. The molecule has 0 spiro atoms. The Bertz CT molecular complexity index is 329. The van der Waals surface area contributed by atoms with E-state index in [0.717, 1.165) is 12.8 Å². The standard InChI is InChI=1S/C18H34O3/c1-8-20-17(14-18(6,19-7)21-9-2)13-16(5)12-10-11-15(3)4/h11,13,17H,8-10,12,14H2,1-7H3. The van der Waals surface area contributed by atoms with Gasteiger partial charge in [-0.05, 0) is 54.4 Å². The minimum Gasteiger partial charge on any atom is -0.374 e. The molecule has 21 heavy (non-hydrogen) atoms. The summed E-state index contributed by atoms with van der Waals surface area (Å²) in [5.41, 5.74) is 2.72. The molecule has 0 amide bonds. The summed E-state index contributed by atoms with van der Waals surface area (Å²) in [5, 5.41) is 0. The van der Waals surface area contributed by atoms with E-state index in [9.17, 15) is 0 Å². The molecule has 0 aliphatic rings. The average Bonchev–Trinajstić information content (AvgIpc) is 2.38. The lowest BCUT2D eigenvalue weighted by Gasteiger charge is -2.31. The van der Waals surface area contributed by atoms with Crippen molar-refractivity contribution < 1.29 is 14.2 Å². The Morgan fingerprint density at radius 2 is 1.81 bits per heavy atom. The summed E-state index contributed by atoms with van der Waals surface area (Å²) in [6.07, 6.45) is 7.35. The van der Waals surface area contributed by atoms with Crippen LogP contribution in [0.1, 0.15) is 60.8 Å². The lowest BCUT2D eigenvalue weighted by Crippen LogP contribution is -2.36. The van der Waals surface area contributed by atoms with Gasteiger partial charge in [-0.1, -0.05) is 23.3 Å². The van der Waals surface area contributed by atoms with Crippen molar-refractivity contribution in [3.63, 3.8) is 0 Å². The summed E-state index contributed by atoms with van der Waals surface area (Å²) in [6, 6.07) is 0. The van der Waals surface area contributed by atoms with Gasteiger partial charge in [0.05, 0.1) is 6.10 Å². The van der Waals surface area contributed by atoms with Crippen molar-refractivity contribution in [1.82, 2.24) is 0 Å². The summed E-state index contributed by atoms with van der Waals surface area (Å²) < 4.78 is 17.0. The Morgan fingerprint density at radius 3 is 2.29 bits per heavy atom. The normalized spacial score (nSPS) is 16.4. The third-order valence-corrected chi connectivity index (χ3v) is 3.40. The zero-order chi connectivity index (χ0) is 16.3. The molecule has 3 nitrogen and oxygen atoms in total. The number of allylic oxidation sites excluding steroid dienone is 3. The Balaban J connectivity index is 4.68. The molecule has 0 fully saturated rings. The molecule has 2 unspecified atom stereocenters. The number of hydrogen-bond donors (Lipinski definition) is 0. The van der Waals surface area contributed by atoms with Crippen LogP contribution < -0.4 is 0 Å². The van der Waals surface area contributed by atoms with E-state index in [0.29, 0.717) is 19.6 Å². The molecule has 2 atom stereocenters. The molecule has 0 aromatic heterocycles. The molecule has 0 aromatic rings. The second-order valence-corrected chi connectivity index (χ2v) is 5.80. The average molecular weight is 298 g/mol. The lowest BCUT2D eigenvalue weighted by atomic mass is 10.0. The molecular weight excluding hydrogens is 264 g/mol. The third kappa shape index (κ3) is 9.83. The first-order valence-corrected chi connectivity index (χ1v) is 7.98. The third-order valence-electron chi connectivity index (χ3n) is 3.40. The summed E-state index contributed by atoms with van der Waals surface area (Å²) in [6.45, 7) is 13.7. The van der Waals surface area contributed by atoms with Gasteiger partial charge in [-0.2, -0.15) is 0 Å². The van der Waals surface area contributed by atoms with Gasteiger partial charge in [0.25, 0.3) is 0 Å². The van der Waals surface area contributed by atoms with Crippen molar-refractivity contribution in [1.29, 1.82) is 0 Å². The number of methoxy groups -OCH3 is 1. The van der Waals surface area contributed by atoms with Crippen LogP contribution in [-0.4, -0.2) is 32.2 Å². The minimum atomic E-state index is -0.592. The maximum atomic E-state index is 5.83. The van der Waals surface area contributed by atoms with Gasteiger partial charge in [0.1, 0.15) is 0 Å². The summed E-state index contributed by atoms with van der Waals surface area (Å²) >= 11 is 0. The molecule has 0 aliphatic carbocycles. The van der Waals surface area contributed by atoms with Crippen molar-refractivity contribution in [3.05, 3.63) is 23.3 Å². The molecule has 0 saturated heterocycles. The van der Waals surface area contributed by atoms with Crippen LogP contribution in [0.3, 0.4) is 0 Å². The van der Waals surface area contributed by atoms with Crippen LogP contribution in [0.25, 0.3) is 0 Å². The minimum absolute atomic E-state index is 0.0261.